The Bertz CT molecular complexity index is 1210. The number of pyridine rings is 1. The van der Waals surface area contributed by atoms with Crippen LogP contribution < -0.4 is 11.1 Å². The molecule has 5 nitrogen and oxygen atoms in total. The first-order valence-electron chi connectivity index (χ1n) is 12.1. The van der Waals surface area contributed by atoms with Gasteiger partial charge >= 0.3 is 0 Å². The van der Waals surface area contributed by atoms with Gasteiger partial charge in [0.2, 0.25) is 5.95 Å². The number of fused-ring (bicyclic) bond motifs is 1. The highest BCUT2D eigenvalue weighted by Crippen LogP contribution is 2.35. The van der Waals surface area contributed by atoms with Crippen molar-refractivity contribution in [3.05, 3.63) is 71.2 Å². The summed E-state index contributed by atoms with van der Waals surface area (Å²) in [6, 6.07) is 16.2. The second-order valence-electron chi connectivity index (χ2n) is 9.66. The van der Waals surface area contributed by atoms with E-state index in [9.17, 15) is 9.18 Å². The number of rotatable bonds is 4. The number of benzene rings is 2. The van der Waals surface area contributed by atoms with E-state index in [2.05, 4.69) is 41.2 Å². The molecular formula is C28H31FN4O. The minimum atomic E-state index is -0.573. The molecule has 0 bridgehead atoms. The van der Waals surface area contributed by atoms with Crippen LogP contribution in [0.1, 0.15) is 54.1 Å². The Morgan fingerprint density at radius 1 is 1.00 bits per heavy atom. The normalized spacial score (nSPS) is 17.0. The molecule has 2 aliphatic rings. The van der Waals surface area contributed by atoms with Crippen LogP contribution in [0.5, 0.6) is 0 Å². The van der Waals surface area contributed by atoms with Crippen molar-refractivity contribution in [3.8, 4) is 22.3 Å². The third-order valence-corrected chi connectivity index (χ3v) is 7.30. The van der Waals surface area contributed by atoms with Gasteiger partial charge in [0.15, 0.2) is 0 Å². The third-order valence-electron chi connectivity index (χ3n) is 7.30. The second kappa shape index (κ2) is 9.18. The molecule has 1 fully saturated rings. The molecule has 2 aromatic carbocycles. The van der Waals surface area contributed by atoms with Crippen molar-refractivity contribution < 1.29 is 9.18 Å². The SMILES string of the molecule is CC(C)N1CCC(c2ccc(-c3cc(-c4ccc5c(c4)CCNC5=O)c(N)nc3F)cc2)CC1. The highest BCUT2D eigenvalue weighted by atomic mass is 19.1. The molecular weight excluding hydrogens is 427 g/mol. The van der Waals surface area contributed by atoms with Crippen molar-refractivity contribution in [2.45, 2.75) is 45.1 Å². The molecule has 3 aromatic rings. The van der Waals surface area contributed by atoms with Crippen LogP contribution in [0, 0.1) is 5.95 Å². The van der Waals surface area contributed by atoms with E-state index in [1.165, 1.54) is 5.56 Å². The van der Waals surface area contributed by atoms with Gasteiger partial charge in [-0.05, 0) is 86.5 Å². The molecule has 34 heavy (non-hydrogen) atoms. The quantitative estimate of drug-likeness (QED) is 0.539. The maximum Gasteiger partial charge on any atom is 0.251 e. The van der Waals surface area contributed by atoms with Gasteiger partial charge < -0.3 is 16.0 Å². The zero-order chi connectivity index (χ0) is 23.8. The monoisotopic (exact) mass is 458 g/mol. The lowest BCUT2D eigenvalue weighted by molar-refractivity contribution is 0.0946. The summed E-state index contributed by atoms with van der Waals surface area (Å²) in [5, 5.41) is 2.85. The van der Waals surface area contributed by atoms with E-state index in [1.54, 1.807) is 12.1 Å². The van der Waals surface area contributed by atoms with E-state index in [0.29, 0.717) is 35.2 Å². The average Bonchev–Trinajstić information content (AvgIpc) is 2.84. The van der Waals surface area contributed by atoms with Crippen molar-refractivity contribution in [2.75, 3.05) is 25.4 Å². The lowest BCUT2D eigenvalue weighted by Crippen LogP contribution is -2.37. The minimum absolute atomic E-state index is 0.0614. The average molecular weight is 459 g/mol. The number of nitrogen functional groups attached to an aromatic ring is 1. The van der Waals surface area contributed by atoms with Gasteiger partial charge in [-0.3, -0.25) is 4.79 Å². The summed E-state index contributed by atoms with van der Waals surface area (Å²) >= 11 is 0. The predicted octanol–water partition coefficient (Wildman–Crippen LogP) is 5.01. The van der Waals surface area contributed by atoms with Crippen LogP contribution in [0.4, 0.5) is 10.2 Å². The molecule has 1 amide bonds. The Hall–Kier alpha value is -3.25. The van der Waals surface area contributed by atoms with Crippen LogP contribution in [0.3, 0.4) is 0 Å². The van der Waals surface area contributed by atoms with Crippen LogP contribution in [0.25, 0.3) is 22.3 Å². The van der Waals surface area contributed by atoms with Crippen molar-refractivity contribution in [1.82, 2.24) is 15.2 Å². The summed E-state index contributed by atoms with van der Waals surface area (Å²) in [7, 11) is 0. The summed E-state index contributed by atoms with van der Waals surface area (Å²) < 4.78 is 14.9. The van der Waals surface area contributed by atoms with Crippen LogP contribution >= 0.6 is 0 Å². The van der Waals surface area contributed by atoms with Crippen molar-refractivity contribution in [1.29, 1.82) is 0 Å². The molecule has 0 saturated carbocycles. The molecule has 176 valence electrons. The van der Waals surface area contributed by atoms with Gasteiger partial charge in [-0.25, -0.2) is 4.98 Å². The van der Waals surface area contributed by atoms with E-state index < -0.39 is 5.95 Å². The van der Waals surface area contributed by atoms with E-state index in [-0.39, 0.29) is 11.7 Å². The maximum absolute atomic E-state index is 14.9. The fourth-order valence-electron chi connectivity index (χ4n) is 5.22. The van der Waals surface area contributed by atoms with E-state index in [4.69, 9.17) is 5.73 Å². The van der Waals surface area contributed by atoms with Crippen molar-refractivity contribution in [3.63, 3.8) is 0 Å². The Kier molecular flexibility index (Phi) is 6.09. The van der Waals surface area contributed by atoms with Crippen LogP contribution in [0.2, 0.25) is 0 Å². The van der Waals surface area contributed by atoms with Crippen LogP contribution in [-0.2, 0) is 6.42 Å². The Morgan fingerprint density at radius 2 is 1.71 bits per heavy atom. The molecule has 5 rings (SSSR count). The lowest BCUT2D eigenvalue weighted by atomic mass is 9.88. The fourth-order valence-corrected chi connectivity index (χ4v) is 5.22. The van der Waals surface area contributed by atoms with Gasteiger partial charge in [0.25, 0.3) is 5.91 Å². The van der Waals surface area contributed by atoms with Gasteiger partial charge in [0, 0.05) is 29.3 Å². The zero-order valence-electron chi connectivity index (χ0n) is 19.8. The topological polar surface area (TPSA) is 71.2 Å². The van der Waals surface area contributed by atoms with E-state index in [0.717, 1.165) is 49.0 Å². The maximum atomic E-state index is 14.9. The molecule has 0 spiro atoms. The number of aromatic nitrogens is 1. The number of piperidine rings is 1. The fraction of sp³-hybridized carbons (Fsp3) is 0.357. The van der Waals surface area contributed by atoms with Gasteiger partial charge in [0.05, 0.1) is 0 Å². The smallest absolute Gasteiger partial charge is 0.251 e. The lowest BCUT2D eigenvalue weighted by Gasteiger charge is -2.34. The highest BCUT2D eigenvalue weighted by molar-refractivity contribution is 5.97. The first kappa shape index (κ1) is 22.5. The Morgan fingerprint density at radius 3 is 2.41 bits per heavy atom. The third kappa shape index (κ3) is 4.30. The summed E-state index contributed by atoms with van der Waals surface area (Å²) in [6.45, 7) is 7.35. The zero-order valence-corrected chi connectivity index (χ0v) is 19.8. The molecule has 3 N–H and O–H groups in total. The first-order chi connectivity index (χ1) is 16.4. The molecule has 0 atom stereocenters. The second-order valence-corrected chi connectivity index (χ2v) is 9.66. The Labute approximate surface area is 200 Å². The van der Waals surface area contributed by atoms with Crippen molar-refractivity contribution >= 4 is 11.7 Å². The summed E-state index contributed by atoms with van der Waals surface area (Å²) in [5.74, 6) is 0.0573. The van der Waals surface area contributed by atoms with Gasteiger partial charge in [-0.2, -0.15) is 4.39 Å². The summed E-state index contributed by atoms with van der Waals surface area (Å²) in [4.78, 5) is 18.6. The number of amides is 1. The number of likely N-dealkylation sites (tertiary alicyclic amines) is 1. The van der Waals surface area contributed by atoms with E-state index >= 15 is 0 Å². The summed E-state index contributed by atoms with van der Waals surface area (Å²) in [6.07, 6.45) is 3.06. The first-order valence-corrected chi connectivity index (χ1v) is 12.1. The molecule has 0 aliphatic carbocycles. The number of nitrogens with two attached hydrogens (primary N) is 1. The Balaban J connectivity index is 1.42. The molecule has 2 aliphatic heterocycles. The number of halogens is 1. The van der Waals surface area contributed by atoms with Crippen LogP contribution in [0.15, 0.2) is 48.5 Å². The molecule has 0 unspecified atom stereocenters. The molecule has 1 aromatic heterocycles. The molecule has 6 heteroatoms. The number of anilines is 1. The predicted molar refractivity (Wildman–Crippen MR) is 134 cm³/mol. The number of nitrogens with zero attached hydrogens (tertiary/aromatic N) is 2. The van der Waals surface area contributed by atoms with Gasteiger partial charge in [-0.15, -0.1) is 0 Å². The van der Waals surface area contributed by atoms with Gasteiger partial charge in [0.1, 0.15) is 5.82 Å². The molecule has 3 heterocycles. The van der Waals surface area contributed by atoms with E-state index in [1.807, 2.05) is 24.3 Å². The number of carbonyl (C=O) groups excluding carboxylic acids is 1. The highest BCUT2D eigenvalue weighted by Gasteiger charge is 2.23. The molecule has 0 radical (unpaired) electrons. The van der Waals surface area contributed by atoms with Crippen LogP contribution in [-0.4, -0.2) is 41.5 Å². The van der Waals surface area contributed by atoms with Crippen molar-refractivity contribution in [2.24, 2.45) is 0 Å². The van der Waals surface area contributed by atoms with Gasteiger partial charge in [-0.1, -0.05) is 36.4 Å². The largest absolute Gasteiger partial charge is 0.383 e. The number of hydrogen-bond acceptors (Lipinski definition) is 4. The number of carbonyl (C=O) groups is 1. The standard InChI is InChI=1S/C28H31FN4O/c1-17(2)33-13-10-19(11-14-33)18-3-5-20(6-4-18)24-16-25(27(30)32-26(24)29)21-7-8-23-22(15-21)9-12-31-28(23)34/h3-8,15-17,19H,9-14H2,1-2H3,(H2,30,32)(H,31,34). The number of hydrogen-bond donors (Lipinski definition) is 2. The number of nitrogens with one attached hydrogen (secondary N) is 1. The molecule has 1 saturated heterocycles. The summed E-state index contributed by atoms with van der Waals surface area (Å²) in [5.41, 5.74) is 11.8. The minimum Gasteiger partial charge on any atom is -0.383 e.